The van der Waals surface area contributed by atoms with Crippen LogP contribution < -0.4 is 5.32 Å². The number of rotatable bonds is 2. The van der Waals surface area contributed by atoms with Crippen LogP contribution in [0.5, 0.6) is 0 Å². The van der Waals surface area contributed by atoms with Crippen molar-refractivity contribution in [3.05, 3.63) is 46.5 Å². The van der Waals surface area contributed by atoms with Gasteiger partial charge in [0.25, 0.3) is 5.91 Å². The van der Waals surface area contributed by atoms with E-state index in [-0.39, 0.29) is 15.9 Å². The van der Waals surface area contributed by atoms with Gasteiger partial charge in [0.05, 0.1) is 16.5 Å². The molecule has 0 radical (unpaired) electrons. The summed E-state index contributed by atoms with van der Waals surface area (Å²) in [5.41, 5.74) is -0.105. The summed E-state index contributed by atoms with van der Waals surface area (Å²) in [4.78, 5) is 15.5. The highest BCUT2D eigenvalue weighted by molar-refractivity contribution is 9.10. The fourth-order valence-electron chi connectivity index (χ4n) is 1.33. The summed E-state index contributed by atoms with van der Waals surface area (Å²) >= 11 is 2.85. The molecule has 4 nitrogen and oxygen atoms in total. The third kappa shape index (κ3) is 2.56. The molecular formula is C11H8BrF2N3O. The molecule has 0 aliphatic rings. The number of carbonyl (C=O) groups is 1. The number of amides is 1. The first kappa shape index (κ1) is 12.7. The molecule has 1 aromatic carbocycles. The molecule has 1 N–H and O–H groups in total. The zero-order valence-corrected chi connectivity index (χ0v) is 10.8. The maximum atomic E-state index is 13.5. The SMILES string of the molecule is Cn1cnc(C(=O)Nc2cc(F)c(Br)cc2F)c1. The third-order valence-electron chi connectivity index (χ3n) is 2.20. The van der Waals surface area contributed by atoms with E-state index in [1.807, 2.05) is 0 Å². The first-order chi connectivity index (χ1) is 8.47. The quantitative estimate of drug-likeness (QED) is 0.866. The second-order valence-electron chi connectivity index (χ2n) is 3.62. The molecule has 0 fully saturated rings. The molecule has 0 unspecified atom stereocenters. The van der Waals surface area contributed by atoms with Gasteiger partial charge in [-0.2, -0.15) is 0 Å². The Labute approximate surface area is 110 Å². The first-order valence-corrected chi connectivity index (χ1v) is 5.70. The molecule has 94 valence electrons. The summed E-state index contributed by atoms with van der Waals surface area (Å²) in [6.45, 7) is 0. The van der Waals surface area contributed by atoms with E-state index >= 15 is 0 Å². The minimum Gasteiger partial charge on any atom is -0.340 e. The molecule has 0 saturated heterocycles. The van der Waals surface area contributed by atoms with Gasteiger partial charge in [-0.15, -0.1) is 0 Å². The van der Waals surface area contributed by atoms with E-state index in [9.17, 15) is 13.6 Å². The van der Waals surface area contributed by atoms with Gasteiger partial charge in [0, 0.05) is 19.3 Å². The summed E-state index contributed by atoms with van der Waals surface area (Å²) in [5.74, 6) is -1.99. The summed E-state index contributed by atoms with van der Waals surface area (Å²) in [6.07, 6.45) is 2.91. The lowest BCUT2D eigenvalue weighted by Crippen LogP contribution is -2.13. The van der Waals surface area contributed by atoms with Crippen molar-refractivity contribution in [2.45, 2.75) is 0 Å². The van der Waals surface area contributed by atoms with Gasteiger partial charge in [0.2, 0.25) is 0 Å². The van der Waals surface area contributed by atoms with E-state index in [0.717, 1.165) is 12.1 Å². The normalized spacial score (nSPS) is 10.4. The van der Waals surface area contributed by atoms with Crippen LogP contribution in [0.4, 0.5) is 14.5 Å². The van der Waals surface area contributed by atoms with Crippen molar-refractivity contribution in [2.24, 2.45) is 7.05 Å². The minimum absolute atomic E-state index is 0.00386. The Kier molecular flexibility index (Phi) is 3.42. The van der Waals surface area contributed by atoms with Crippen LogP contribution in [0.2, 0.25) is 0 Å². The number of nitrogens with one attached hydrogen (secondary N) is 1. The largest absolute Gasteiger partial charge is 0.340 e. The number of imidazole rings is 1. The number of hydrogen-bond donors (Lipinski definition) is 1. The van der Waals surface area contributed by atoms with Crippen LogP contribution in [0.3, 0.4) is 0 Å². The predicted octanol–water partition coefficient (Wildman–Crippen LogP) is 2.71. The average Bonchev–Trinajstić information content (AvgIpc) is 2.73. The van der Waals surface area contributed by atoms with Gasteiger partial charge < -0.3 is 9.88 Å². The Morgan fingerprint density at radius 1 is 1.39 bits per heavy atom. The first-order valence-electron chi connectivity index (χ1n) is 4.91. The maximum absolute atomic E-state index is 13.5. The van der Waals surface area contributed by atoms with Crippen LogP contribution in [-0.4, -0.2) is 15.5 Å². The second-order valence-corrected chi connectivity index (χ2v) is 4.48. The zero-order chi connectivity index (χ0) is 13.3. The van der Waals surface area contributed by atoms with Crippen molar-refractivity contribution in [2.75, 3.05) is 5.32 Å². The molecule has 0 spiro atoms. The van der Waals surface area contributed by atoms with Crippen LogP contribution in [0.15, 0.2) is 29.1 Å². The number of benzene rings is 1. The molecule has 0 aliphatic heterocycles. The molecule has 1 amide bonds. The molecule has 0 atom stereocenters. The lowest BCUT2D eigenvalue weighted by Gasteiger charge is -2.05. The minimum atomic E-state index is -0.729. The summed E-state index contributed by atoms with van der Waals surface area (Å²) in [5, 5.41) is 2.26. The Balaban J connectivity index is 2.24. The van der Waals surface area contributed by atoms with E-state index in [1.165, 1.54) is 12.5 Å². The van der Waals surface area contributed by atoms with Crippen molar-refractivity contribution in [1.82, 2.24) is 9.55 Å². The summed E-state index contributed by atoms with van der Waals surface area (Å²) in [6, 6.07) is 1.85. The molecule has 18 heavy (non-hydrogen) atoms. The van der Waals surface area contributed by atoms with Crippen LogP contribution in [0.25, 0.3) is 0 Å². The van der Waals surface area contributed by atoms with Gasteiger partial charge in [-0.25, -0.2) is 13.8 Å². The van der Waals surface area contributed by atoms with E-state index < -0.39 is 17.5 Å². The zero-order valence-electron chi connectivity index (χ0n) is 9.25. The van der Waals surface area contributed by atoms with Gasteiger partial charge in [-0.05, 0) is 22.0 Å². The maximum Gasteiger partial charge on any atom is 0.275 e. The highest BCUT2D eigenvalue weighted by Crippen LogP contribution is 2.23. The smallest absolute Gasteiger partial charge is 0.275 e. The number of hydrogen-bond acceptors (Lipinski definition) is 2. The number of nitrogens with zero attached hydrogens (tertiary/aromatic N) is 2. The van der Waals surface area contributed by atoms with Crippen LogP contribution in [-0.2, 0) is 7.05 Å². The number of aromatic nitrogens is 2. The predicted molar refractivity (Wildman–Crippen MR) is 65.2 cm³/mol. The molecule has 1 aromatic heterocycles. The van der Waals surface area contributed by atoms with E-state index in [1.54, 1.807) is 11.6 Å². The molecule has 0 bridgehead atoms. The van der Waals surface area contributed by atoms with Crippen molar-refractivity contribution >= 4 is 27.5 Å². The summed E-state index contributed by atoms with van der Waals surface area (Å²) < 4.78 is 28.3. The Morgan fingerprint density at radius 3 is 2.72 bits per heavy atom. The fourth-order valence-corrected chi connectivity index (χ4v) is 1.65. The van der Waals surface area contributed by atoms with Gasteiger partial charge in [-0.1, -0.05) is 0 Å². The van der Waals surface area contributed by atoms with Crippen LogP contribution in [0, 0.1) is 11.6 Å². The average molecular weight is 316 g/mol. The third-order valence-corrected chi connectivity index (χ3v) is 2.80. The second kappa shape index (κ2) is 4.85. The van der Waals surface area contributed by atoms with Gasteiger partial charge in [-0.3, -0.25) is 4.79 Å². The lowest BCUT2D eigenvalue weighted by atomic mass is 10.3. The van der Waals surface area contributed by atoms with Crippen molar-refractivity contribution in [1.29, 1.82) is 0 Å². The van der Waals surface area contributed by atoms with E-state index in [2.05, 4.69) is 26.2 Å². The Hall–Kier alpha value is -1.76. The highest BCUT2D eigenvalue weighted by Gasteiger charge is 2.13. The van der Waals surface area contributed by atoms with Crippen molar-refractivity contribution < 1.29 is 13.6 Å². The standard InChI is InChI=1S/C11H8BrF2N3O/c1-17-4-10(15-5-17)11(18)16-9-3-7(13)6(12)2-8(9)14/h2-5H,1H3,(H,16,18). The van der Waals surface area contributed by atoms with Gasteiger partial charge in [0.1, 0.15) is 17.3 Å². The molecule has 1 heterocycles. The highest BCUT2D eigenvalue weighted by atomic mass is 79.9. The number of anilines is 1. The molecule has 0 aliphatic carbocycles. The Bertz CT molecular complexity index is 612. The molecule has 7 heteroatoms. The molecule has 0 saturated carbocycles. The van der Waals surface area contributed by atoms with E-state index in [4.69, 9.17) is 0 Å². The van der Waals surface area contributed by atoms with Crippen LogP contribution in [0.1, 0.15) is 10.5 Å². The monoisotopic (exact) mass is 315 g/mol. The van der Waals surface area contributed by atoms with Gasteiger partial charge >= 0.3 is 0 Å². The number of aryl methyl sites for hydroxylation is 1. The topological polar surface area (TPSA) is 46.9 Å². The molecule has 2 rings (SSSR count). The van der Waals surface area contributed by atoms with Crippen molar-refractivity contribution in [3.8, 4) is 0 Å². The van der Waals surface area contributed by atoms with Gasteiger partial charge in [0.15, 0.2) is 0 Å². The van der Waals surface area contributed by atoms with E-state index in [0.29, 0.717) is 0 Å². The summed E-state index contributed by atoms with van der Waals surface area (Å²) in [7, 11) is 1.70. The lowest BCUT2D eigenvalue weighted by molar-refractivity contribution is 0.102. The Morgan fingerprint density at radius 2 is 2.11 bits per heavy atom. The molecule has 2 aromatic rings. The van der Waals surface area contributed by atoms with Crippen LogP contribution >= 0.6 is 15.9 Å². The fraction of sp³-hybridized carbons (Fsp3) is 0.0909. The van der Waals surface area contributed by atoms with Crippen molar-refractivity contribution in [3.63, 3.8) is 0 Å². The number of carbonyl (C=O) groups excluding carboxylic acids is 1. The molecular weight excluding hydrogens is 308 g/mol. The number of halogens is 3.